The predicted octanol–water partition coefficient (Wildman–Crippen LogP) is 3.19. The highest BCUT2D eigenvalue weighted by Crippen LogP contribution is 2.21. The number of nitrogens with one attached hydrogen (secondary N) is 1. The van der Waals surface area contributed by atoms with Crippen LogP contribution in [0.15, 0.2) is 53.4 Å². The van der Waals surface area contributed by atoms with Crippen molar-refractivity contribution in [3.05, 3.63) is 59.7 Å². The van der Waals surface area contributed by atoms with Gasteiger partial charge in [0.25, 0.3) is 5.91 Å². The van der Waals surface area contributed by atoms with Gasteiger partial charge in [-0.2, -0.15) is 4.31 Å². The van der Waals surface area contributed by atoms with Gasteiger partial charge < -0.3 is 10.1 Å². The minimum atomic E-state index is -3.59. The summed E-state index contributed by atoms with van der Waals surface area (Å²) >= 11 is 0. The standard InChI is InChI=1S/C21H26N2O4S/c1-27-20-12-5-4-9-18(20)16-22-21(24)17-10-8-11-19(15-17)28(25,26)23-13-6-2-3-7-14-23/h4-5,8-12,15H,2-3,6-7,13-14,16H2,1H3,(H,22,24). The van der Waals surface area contributed by atoms with Gasteiger partial charge in [-0.1, -0.05) is 37.1 Å². The highest BCUT2D eigenvalue weighted by Gasteiger charge is 2.25. The summed E-state index contributed by atoms with van der Waals surface area (Å²) in [7, 11) is -2.00. The molecular weight excluding hydrogens is 376 g/mol. The van der Waals surface area contributed by atoms with Crippen LogP contribution in [0.3, 0.4) is 0 Å². The Morgan fingerprint density at radius 1 is 1.04 bits per heavy atom. The van der Waals surface area contributed by atoms with Gasteiger partial charge in [-0.3, -0.25) is 4.79 Å². The van der Waals surface area contributed by atoms with Crippen molar-refractivity contribution in [2.45, 2.75) is 37.1 Å². The topological polar surface area (TPSA) is 75.7 Å². The summed E-state index contributed by atoms with van der Waals surface area (Å²) in [6.45, 7) is 1.37. The molecule has 7 heteroatoms. The van der Waals surface area contributed by atoms with Crippen LogP contribution in [0.5, 0.6) is 5.75 Å². The maximum absolute atomic E-state index is 13.0. The smallest absolute Gasteiger partial charge is 0.251 e. The van der Waals surface area contributed by atoms with Crippen LogP contribution < -0.4 is 10.1 Å². The van der Waals surface area contributed by atoms with E-state index >= 15 is 0 Å². The lowest BCUT2D eigenvalue weighted by Gasteiger charge is -2.20. The van der Waals surface area contributed by atoms with Crippen molar-refractivity contribution in [3.8, 4) is 5.75 Å². The van der Waals surface area contributed by atoms with E-state index in [1.807, 2.05) is 24.3 Å². The van der Waals surface area contributed by atoms with E-state index in [4.69, 9.17) is 4.74 Å². The van der Waals surface area contributed by atoms with E-state index in [0.29, 0.717) is 30.9 Å². The van der Waals surface area contributed by atoms with E-state index in [-0.39, 0.29) is 10.8 Å². The maximum Gasteiger partial charge on any atom is 0.251 e. The molecule has 1 amide bonds. The number of sulfonamides is 1. The quantitative estimate of drug-likeness (QED) is 0.805. The van der Waals surface area contributed by atoms with Crippen LogP contribution in [0.1, 0.15) is 41.6 Å². The van der Waals surface area contributed by atoms with Crippen LogP contribution >= 0.6 is 0 Å². The van der Waals surface area contributed by atoms with Gasteiger partial charge in [-0.25, -0.2) is 8.42 Å². The molecule has 0 atom stereocenters. The number of carbonyl (C=O) groups excluding carboxylic acids is 1. The molecule has 6 nitrogen and oxygen atoms in total. The van der Waals surface area contributed by atoms with E-state index in [1.54, 1.807) is 25.3 Å². The highest BCUT2D eigenvalue weighted by atomic mass is 32.2. The normalized spacial score (nSPS) is 15.6. The van der Waals surface area contributed by atoms with E-state index in [0.717, 1.165) is 31.2 Å². The molecule has 1 saturated heterocycles. The summed E-state index contributed by atoms with van der Waals surface area (Å²) in [4.78, 5) is 12.7. The van der Waals surface area contributed by atoms with Gasteiger partial charge in [-0.05, 0) is 37.1 Å². The van der Waals surface area contributed by atoms with E-state index < -0.39 is 10.0 Å². The molecule has 1 heterocycles. The van der Waals surface area contributed by atoms with Crippen LogP contribution in [-0.4, -0.2) is 38.8 Å². The monoisotopic (exact) mass is 402 g/mol. The third-order valence-corrected chi connectivity index (χ3v) is 6.83. The Bertz CT molecular complexity index is 920. The van der Waals surface area contributed by atoms with Gasteiger partial charge in [0.15, 0.2) is 0 Å². The average molecular weight is 403 g/mol. The molecule has 0 unspecified atom stereocenters. The Hall–Kier alpha value is -2.38. The van der Waals surface area contributed by atoms with Crippen LogP contribution in [0.4, 0.5) is 0 Å². The first-order chi connectivity index (χ1) is 13.5. The largest absolute Gasteiger partial charge is 0.496 e. The van der Waals surface area contributed by atoms with Crippen molar-refractivity contribution in [2.24, 2.45) is 0 Å². The number of benzene rings is 2. The van der Waals surface area contributed by atoms with Gasteiger partial charge in [0.2, 0.25) is 10.0 Å². The Balaban J connectivity index is 1.74. The number of rotatable bonds is 6. The van der Waals surface area contributed by atoms with Gasteiger partial charge in [-0.15, -0.1) is 0 Å². The molecular formula is C21H26N2O4S. The van der Waals surface area contributed by atoms with E-state index in [1.165, 1.54) is 10.4 Å². The van der Waals surface area contributed by atoms with Crippen LogP contribution in [0, 0.1) is 0 Å². The lowest BCUT2D eigenvalue weighted by atomic mass is 10.2. The van der Waals surface area contributed by atoms with Crippen LogP contribution in [0.25, 0.3) is 0 Å². The zero-order chi connectivity index (χ0) is 20.0. The third-order valence-electron chi connectivity index (χ3n) is 4.93. The zero-order valence-electron chi connectivity index (χ0n) is 16.1. The van der Waals surface area contributed by atoms with Crippen molar-refractivity contribution < 1.29 is 17.9 Å². The van der Waals surface area contributed by atoms with Crippen LogP contribution in [-0.2, 0) is 16.6 Å². The predicted molar refractivity (Wildman–Crippen MR) is 108 cm³/mol. The Morgan fingerprint density at radius 2 is 1.75 bits per heavy atom. The SMILES string of the molecule is COc1ccccc1CNC(=O)c1cccc(S(=O)(=O)N2CCCCCC2)c1. The zero-order valence-corrected chi connectivity index (χ0v) is 16.9. The van der Waals surface area contributed by atoms with Crippen molar-refractivity contribution in [1.29, 1.82) is 0 Å². The van der Waals surface area contributed by atoms with Gasteiger partial charge in [0.05, 0.1) is 12.0 Å². The summed E-state index contributed by atoms with van der Waals surface area (Å²) in [5.74, 6) is 0.374. The Morgan fingerprint density at radius 3 is 2.46 bits per heavy atom. The number of hydrogen-bond acceptors (Lipinski definition) is 4. The number of ether oxygens (including phenoxy) is 1. The number of nitrogens with zero attached hydrogens (tertiary/aromatic N) is 1. The molecule has 0 saturated carbocycles. The summed E-state index contributed by atoms with van der Waals surface area (Å²) in [5, 5.41) is 2.83. The maximum atomic E-state index is 13.0. The van der Waals surface area contributed by atoms with Gasteiger partial charge in [0, 0.05) is 30.8 Å². The Labute approximate surface area is 166 Å². The minimum Gasteiger partial charge on any atom is -0.496 e. The summed E-state index contributed by atoms with van der Waals surface area (Å²) in [6, 6.07) is 13.7. The molecule has 1 aliphatic rings. The first kappa shape index (κ1) is 20.4. The third kappa shape index (κ3) is 4.72. The van der Waals surface area contributed by atoms with E-state index in [9.17, 15) is 13.2 Å². The second kappa shape index (κ2) is 9.21. The number of para-hydroxylation sites is 1. The van der Waals surface area contributed by atoms with Gasteiger partial charge in [0.1, 0.15) is 5.75 Å². The van der Waals surface area contributed by atoms with E-state index in [2.05, 4.69) is 5.32 Å². The van der Waals surface area contributed by atoms with Crippen molar-refractivity contribution >= 4 is 15.9 Å². The molecule has 0 spiro atoms. The first-order valence-corrected chi connectivity index (χ1v) is 11.0. The molecule has 1 fully saturated rings. The molecule has 2 aromatic carbocycles. The average Bonchev–Trinajstić information content (AvgIpc) is 3.02. The fraction of sp³-hybridized carbons (Fsp3) is 0.381. The van der Waals surface area contributed by atoms with Crippen LogP contribution in [0.2, 0.25) is 0 Å². The number of carbonyl (C=O) groups is 1. The molecule has 0 bridgehead atoms. The second-order valence-corrected chi connectivity index (χ2v) is 8.78. The number of hydrogen-bond donors (Lipinski definition) is 1. The molecule has 150 valence electrons. The number of amides is 1. The van der Waals surface area contributed by atoms with Crippen molar-refractivity contribution in [2.75, 3.05) is 20.2 Å². The molecule has 2 aromatic rings. The first-order valence-electron chi connectivity index (χ1n) is 9.52. The highest BCUT2D eigenvalue weighted by molar-refractivity contribution is 7.89. The molecule has 1 aliphatic heterocycles. The molecule has 3 rings (SSSR count). The molecule has 0 aliphatic carbocycles. The van der Waals surface area contributed by atoms with Gasteiger partial charge >= 0.3 is 0 Å². The molecule has 0 radical (unpaired) electrons. The summed E-state index contributed by atoms with van der Waals surface area (Å²) in [5.41, 5.74) is 1.18. The molecule has 28 heavy (non-hydrogen) atoms. The lowest BCUT2D eigenvalue weighted by molar-refractivity contribution is 0.0950. The van der Waals surface area contributed by atoms with Crippen molar-refractivity contribution in [1.82, 2.24) is 9.62 Å². The van der Waals surface area contributed by atoms with Crippen molar-refractivity contribution in [3.63, 3.8) is 0 Å². The number of methoxy groups -OCH3 is 1. The second-order valence-electron chi connectivity index (χ2n) is 6.84. The molecule has 1 N–H and O–H groups in total. The fourth-order valence-corrected chi connectivity index (χ4v) is 4.92. The summed E-state index contributed by atoms with van der Waals surface area (Å²) < 4.78 is 32.7. The molecule has 0 aromatic heterocycles. The minimum absolute atomic E-state index is 0.166. The lowest BCUT2D eigenvalue weighted by Crippen LogP contribution is -2.32. The Kier molecular flexibility index (Phi) is 6.70. The fourth-order valence-electron chi connectivity index (χ4n) is 3.36. The summed E-state index contributed by atoms with van der Waals surface area (Å²) in [6.07, 6.45) is 3.85.